The Balaban J connectivity index is 2.44. The summed E-state index contributed by atoms with van der Waals surface area (Å²) in [6, 6.07) is 2.81. The van der Waals surface area contributed by atoms with E-state index in [9.17, 15) is 13.6 Å². The number of carbonyl (C=O) groups excluding carboxylic acids is 1. The van der Waals surface area contributed by atoms with Gasteiger partial charge >= 0.3 is 0 Å². The molecular formula is C12H14ClF2NO. The van der Waals surface area contributed by atoms with Gasteiger partial charge in [-0.3, -0.25) is 4.79 Å². The molecule has 1 rings (SSSR count). The summed E-state index contributed by atoms with van der Waals surface area (Å²) in [6.45, 7) is 0.436. The van der Waals surface area contributed by atoms with Crippen LogP contribution in [0.5, 0.6) is 0 Å². The Labute approximate surface area is 104 Å². The van der Waals surface area contributed by atoms with E-state index in [1.165, 1.54) is 0 Å². The summed E-state index contributed by atoms with van der Waals surface area (Å²) in [5.74, 6) is -1.34. The highest BCUT2D eigenvalue weighted by Gasteiger charge is 2.11. The zero-order chi connectivity index (χ0) is 12.7. The number of halogens is 3. The summed E-state index contributed by atoms with van der Waals surface area (Å²) in [6.07, 6.45) is 2.55. The quantitative estimate of drug-likeness (QED) is 0.619. The van der Waals surface area contributed by atoms with Gasteiger partial charge in [-0.1, -0.05) is 6.42 Å². The lowest BCUT2D eigenvalue weighted by Gasteiger charge is -2.05. The highest BCUT2D eigenvalue weighted by Crippen LogP contribution is 2.09. The van der Waals surface area contributed by atoms with Crippen molar-refractivity contribution in [3.8, 4) is 0 Å². The van der Waals surface area contributed by atoms with E-state index >= 15 is 0 Å². The lowest BCUT2D eigenvalue weighted by Crippen LogP contribution is -2.25. The van der Waals surface area contributed by atoms with E-state index in [1.54, 1.807) is 0 Å². The Kier molecular flexibility index (Phi) is 5.91. The van der Waals surface area contributed by atoms with Gasteiger partial charge in [0.25, 0.3) is 5.91 Å². The first kappa shape index (κ1) is 13.9. The molecule has 1 aromatic rings. The van der Waals surface area contributed by atoms with E-state index in [1.807, 2.05) is 0 Å². The molecule has 0 heterocycles. The van der Waals surface area contributed by atoms with Crippen LogP contribution in [0.1, 0.15) is 29.6 Å². The highest BCUT2D eigenvalue weighted by molar-refractivity contribution is 6.17. The summed E-state index contributed by atoms with van der Waals surface area (Å²) in [7, 11) is 0. The highest BCUT2D eigenvalue weighted by atomic mass is 35.5. The van der Waals surface area contributed by atoms with Crippen LogP contribution >= 0.6 is 11.6 Å². The van der Waals surface area contributed by atoms with Crippen molar-refractivity contribution in [2.45, 2.75) is 19.3 Å². The van der Waals surface area contributed by atoms with Gasteiger partial charge in [-0.25, -0.2) is 8.78 Å². The van der Waals surface area contributed by atoms with Crippen molar-refractivity contribution in [3.63, 3.8) is 0 Å². The Morgan fingerprint density at radius 1 is 1.24 bits per heavy atom. The van der Waals surface area contributed by atoms with Crippen molar-refractivity contribution in [3.05, 3.63) is 35.4 Å². The molecule has 0 bridgehead atoms. The van der Waals surface area contributed by atoms with E-state index in [2.05, 4.69) is 5.32 Å². The summed E-state index contributed by atoms with van der Waals surface area (Å²) >= 11 is 5.50. The Hall–Kier alpha value is -1.16. The lowest BCUT2D eigenvalue weighted by molar-refractivity contribution is 0.0948. The largest absolute Gasteiger partial charge is 0.352 e. The number of amides is 1. The Morgan fingerprint density at radius 3 is 2.71 bits per heavy atom. The molecule has 2 nitrogen and oxygen atoms in total. The van der Waals surface area contributed by atoms with Gasteiger partial charge in [0, 0.05) is 12.4 Å². The lowest BCUT2D eigenvalue weighted by atomic mass is 10.2. The first-order chi connectivity index (χ1) is 8.15. The number of unbranched alkanes of at least 4 members (excludes halogenated alkanes) is 2. The number of carbonyl (C=O) groups is 1. The molecular weight excluding hydrogens is 248 g/mol. The third-order valence-corrected chi connectivity index (χ3v) is 2.54. The van der Waals surface area contributed by atoms with Gasteiger partial charge in [-0.05, 0) is 31.0 Å². The van der Waals surface area contributed by atoms with Gasteiger partial charge in [0.15, 0.2) is 0 Å². The molecule has 1 N–H and O–H groups in total. The van der Waals surface area contributed by atoms with Crippen molar-refractivity contribution in [1.29, 1.82) is 0 Å². The number of benzene rings is 1. The molecule has 17 heavy (non-hydrogen) atoms. The van der Waals surface area contributed by atoms with Gasteiger partial charge in [-0.15, -0.1) is 11.6 Å². The van der Waals surface area contributed by atoms with Crippen molar-refractivity contribution in [2.24, 2.45) is 0 Å². The standard InChI is InChI=1S/C12H14ClF2NO/c13-6-2-1-3-7-16-12(17)10-8-9(14)4-5-11(10)15/h4-5,8H,1-3,6-7H2,(H,16,17). The molecule has 1 amide bonds. The second-order valence-electron chi connectivity index (χ2n) is 3.63. The monoisotopic (exact) mass is 261 g/mol. The summed E-state index contributed by atoms with van der Waals surface area (Å²) in [5.41, 5.74) is -0.262. The van der Waals surface area contributed by atoms with E-state index in [0.717, 1.165) is 37.5 Å². The predicted octanol–water partition coefficient (Wildman–Crippen LogP) is 3.10. The van der Waals surface area contributed by atoms with Crippen LogP contribution in [0, 0.1) is 11.6 Å². The molecule has 0 aliphatic carbocycles. The summed E-state index contributed by atoms with van der Waals surface area (Å²) in [5, 5.41) is 2.54. The Bertz CT molecular complexity index is 385. The molecule has 0 aromatic heterocycles. The first-order valence-corrected chi connectivity index (χ1v) is 5.98. The Morgan fingerprint density at radius 2 is 2.00 bits per heavy atom. The molecule has 0 radical (unpaired) electrons. The third kappa shape index (κ3) is 4.69. The average molecular weight is 262 g/mol. The molecule has 94 valence electrons. The van der Waals surface area contributed by atoms with E-state index in [4.69, 9.17) is 11.6 Å². The number of nitrogens with one attached hydrogen (secondary N) is 1. The van der Waals surface area contributed by atoms with Crippen LogP contribution in [-0.2, 0) is 0 Å². The number of hydrogen-bond donors (Lipinski definition) is 1. The SMILES string of the molecule is O=C(NCCCCCCl)c1cc(F)ccc1F. The maximum atomic E-state index is 13.2. The molecule has 1 aromatic carbocycles. The van der Waals surface area contributed by atoms with Crippen molar-refractivity contribution < 1.29 is 13.6 Å². The molecule has 0 unspecified atom stereocenters. The van der Waals surface area contributed by atoms with Gasteiger partial charge in [0.2, 0.25) is 0 Å². The van der Waals surface area contributed by atoms with Crippen LogP contribution in [0.15, 0.2) is 18.2 Å². The van der Waals surface area contributed by atoms with Crippen molar-refractivity contribution >= 4 is 17.5 Å². The molecule has 0 aliphatic rings. The van der Waals surface area contributed by atoms with Crippen LogP contribution < -0.4 is 5.32 Å². The van der Waals surface area contributed by atoms with Crippen molar-refractivity contribution in [2.75, 3.05) is 12.4 Å². The summed E-state index contributed by atoms with van der Waals surface area (Å²) < 4.78 is 26.0. The number of alkyl halides is 1. The van der Waals surface area contributed by atoms with Gasteiger partial charge in [0.1, 0.15) is 11.6 Å². The molecule has 0 fully saturated rings. The first-order valence-electron chi connectivity index (χ1n) is 5.44. The second kappa shape index (κ2) is 7.22. The smallest absolute Gasteiger partial charge is 0.254 e. The minimum Gasteiger partial charge on any atom is -0.352 e. The average Bonchev–Trinajstić information content (AvgIpc) is 2.32. The molecule has 0 spiro atoms. The van der Waals surface area contributed by atoms with Gasteiger partial charge in [-0.2, -0.15) is 0 Å². The van der Waals surface area contributed by atoms with Crippen molar-refractivity contribution in [1.82, 2.24) is 5.32 Å². The fourth-order valence-corrected chi connectivity index (χ4v) is 1.55. The maximum Gasteiger partial charge on any atom is 0.254 e. The predicted molar refractivity (Wildman–Crippen MR) is 63.3 cm³/mol. The molecule has 5 heteroatoms. The summed E-state index contributed by atoms with van der Waals surface area (Å²) in [4.78, 5) is 11.5. The van der Waals surface area contributed by atoms with Gasteiger partial charge in [0.05, 0.1) is 5.56 Å². The normalized spacial score (nSPS) is 10.3. The van der Waals surface area contributed by atoms with Crippen LogP contribution in [0.2, 0.25) is 0 Å². The van der Waals surface area contributed by atoms with Crippen LogP contribution in [0.25, 0.3) is 0 Å². The van der Waals surface area contributed by atoms with E-state index < -0.39 is 17.5 Å². The molecule has 0 saturated heterocycles. The van der Waals surface area contributed by atoms with Crippen LogP contribution in [0.4, 0.5) is 8.78 Å². The van der Waals surface area contributed by atoms with Crippen LogP contribution in [0.3, 0.4) is 0 Å². The fraction of sp³-hybridized carbons (Fsp3) is 0.417. The number of rotatable bonds is 6. The number of hydrogen-bond acceptors (Lipinski definition) is 1. The molecule has 0 saturated carbocycles. The minimum absolute atomic E-state index is 0.262. The van der Waals surface area contributed by atoms with Gasteiger partial charge < -0.3 is 5.32 Å². The topological polar surface area (TPSA) is 29.1 Å². The van der Waals surface area contributed by atoms with E-state index in [-0.39, 0.29) is 5.56 Å². The second-order valence-corrected chi connectivity index (χ2v) is 4.01. The van der Waals surface area contributed by atoms with E-state index in [0.29, 0.717) is 12.4 Å². The minimum atomic E-state index is -0.718. The molecule has 0 atom stereocenters. The fourth-order valence-electron chi connectivity index (χ4n) is 1.36. The maximum absolute atomic E-state index is 13.2. The van der Waals surface area contributed by atoms with Crippen LogP contribution in [-0.4, -0.2) is 18.3 Å². The third-order valence-electron chi connectivity index (χ3n) is 2.27. The zero-order valence-electron chi connectivity index (χ0n) is 9.31. The zero-order valence-corrected chi connectivity index (χ0v) is 10.1. The molecule has 0 aliphatic heterocycles.